The van der Waals surface area contributed by atoms with E-state index in [4.69, 9.17) is 10.00 Å². The van der Waals surface area contributed by atoms with Crippen LogP contribution < -0.4 is 10.3 Å². The summed E-state index contributed by atoms with van der Waals surface area (Å²) >= 11 is 1.37. The fourth-order valence-corrected chi connectivity index (χ4v) is 3.89. The molecule has 0 saturated heterocycles. The first-order chi connectivity index (χ1) is 13.7. The lowest BCUT2D eigenvalue weighted by Crippen LogP contribution is -2.24. The summed E-state index contributed by atoms with van der Waals surface area (Å²) in [7, 11) is 0. The molecule has 2 aromatic carbocycles. The van der Waals surface area contributed by atoms with E-state index >= 15 is 0 Å². The summed E-state index contributed by atoms with van der Waals surface area (Å²) in [4.78, 5) is 17.5. The second kappa shape index (κ2) is 8.05. The van der Waals surface area contributed by atoms with E-state index < -0.39 is 6.10 Å². The number of hydrogen-bond acceptors (Lipinski definition) is 6. The molecule has 1 N–H and O–H groups in total. The van der Waals surface area contributed by atoms with Gasteiger partial charge >= 0.3 is 0 Å². The molecule has 0 aliphatic heterocycles. The Labute approximate surface area is 166 Å². The van der Waals surface area contributed by atoms with Crippen LogP contribution in [0.15, 0.2) is 58.5 Å². The number of fused-ring (bicyclic) bond motifs is 1. The minimum absolute atomic E-state index is 0.0149. The van der Waals surface area contributed by atoms with Gasteiger partial charge in [-0.3, -0.25) is 9.36 Å². The molecule has 1 fully saturated rings. The number of hydrogen-bond donors (Lipinski definition) is 1. The van der Waals surface area contributed by atoms with E-state index in [-0.39, 0.29) is 18.2 Å². The fourth-order valence-electron chi connectivity index (χ4n) is 2.92. The molecule has 0 bridgehead atoms. The van der Waals surface area contributed by atoms with Crippen molar-refractivity contribution >= 4 is 22.7 Å². The van der Waals surface area contributed by atoms with Crippen LogP contribution >= 0.6 is 11.8 Å². The van der Waals surface area contributed by atoms with Crippen molar-refractivity contribution in [3.8, 4) is 11.8 Å². The number of rotatable bonds is 7. The molecule has 4 rings (SSSR count). The van der Waals surface area contributed by atoms with E-state index in [1.165, 1.54) is 11.8 Å². The molecule has 1 heterocycles. The Morgan fingerprint density at radius 3 is 2.71 bits per heavy atom. The average Bonchev–Trinajstić information content (AvgIpc) is 3.56. The Bertz CT molecular complexity index is 1080. The molecule has 142 valence electrons. The van der Waals surface area contributed by atoms with Gasteiger partial charge in [-0.15, -0.1) is 0 Å². The molecular weight excluding hydrogens is 374 g/mol. The van der Waals surface area contributed by atoms with E-state index in [0.29, 0.717) is 33.1 Å². The van der Waals surface area contributed by atoms with E-state index in [1.54, 1.807) is 34.9 Å². The van der Waals surface area contributed by atoms with E-state index in [2.05, 4.69) is 11.1 Å². The zero-order valence-corrected chi connectivity index (χ0v) is 15.9. The molecule has 0 spiro atoms. The second-order valence-electron chi connectivity index (χ2n) is 6.73. The van der Waals surface area contributed by atoms with Crippen LogP contribution in [0.2, 0.25) is 0 Å². The predicted molar refractivity (Wildman–Crippen MR) is 108 cm³/mol. The number of aliphatic hydroxyl groups is 1. The van der Waals surface area contributed by atoms with Crippen LogP contribution in [0.5, 0.6) is 5.75 Å². The molecule has 1 aliphatic carbocycles. The first-order valence-corrected chi connectivity index (χ1v) is 10.1. The largest absolute Gasteiger partial charge is 0.491 e. The molecule has 0 radical (unpaired) electrons. The number of aliphatic hydroxyl groups excluding tert-OH is 1. The highest BCUT2D eigenvalue weighted by molar-refractivity contribution is 7.99. The second-order valence-corrected chi connectivity index (χ2v) is 7.72. The third-order valence-corrected chi connectivity index (χ3v) is 5.62. The first-order valence-electron chi connectivity index (χ1n) is 9.11. The monoisotopic (exact) mass is 393 g/mol. The minimum atomic E-state index is -0.711. The predicted octanol–water partition coefficient (Wildman–Crippen LogP) is 3.14. The summed E-state index contributed by atoms with van der Waals surface area (Å²) in [5.41, 5.74) is 1.22. The summed E-state index contributed by atoms with van der Waals surface area (Å²) < 4.78 is 7.34. The van der Waals surface area contributed by atoms with Gasteiger partial charge in [-0.05, 0) is 49.2 Å². The van der Waals surface area contributed by atoms with Crippen molar-refractivity contribution in [1.29, 1.82) is 5.26 Å². The van der Waals surface area contributed by atoms with E-state index in [9.17, 15) is 9.90 Å². The van der Waals surface area contributed by atoms with Gasteiger partial charge in [0.25, 0.3) is 5.56 Å². The maximum absolute atomic E-state index is 12.8. The van der Waals surface area contributed by atoms with Crippen molar-refractivity contribution in [2.75, 3.05) is 12.4 Å². The molecule has 1 aromatic heterocycles. The van der Waals surface area contributed by atoms with E-state index in [1.807, 2.05) is 18.2 Å². The summed E-state index contributed by atoms with van der Waals surface area (Å²) in [5, 5.41) is 20.4. The summed E-state index contributed by atoms with van der Waals surface area (Å²) in [6.07, 6.45) is 1.26. The van der Waals surface area contributed by atoms with Crippen LogP contribution in [0.25, 0.3) is 10.9 Å². The fraction of sp³-hybridized carbons (Fsp3) is 0.286. The Hall–Kier alpha value is -2.82. The molecule has 1 saturated carbocycles. The minimum Gasteiger partial charge on any atom is -0.491 e. The summed E-state index contributed by atoms with van der Waals surface area (Å²) in [6, 6.07) is 16.4. The van der Waals surface area contributed by atoms with Crippen LogP contribution in [0.3, 0.4) is 0 Å². The molecule has 7 heteroatoms. The Morgan fingerprint density at radius 2 is 2.00 bits per heavy atom. The van der Waals surface area contributed by atoms with Gasteiger partial charge in [0.1, 0.15) is 12.4 Å². The molecule has 1 atom stereocenters. The lowest BCUT2D eigenvalue weighted by Gasteiger charge is -2.15. The number of benzene rings is 2. The summed E-state index contributed by atoms with van der Waals surface area (Å²) in [6.45, 7) is 0.125. The molecule has 6 nitrogen and oxygen atoms in total. The maximum Gasteiger partial charge on any atom is 0.262 e. The normalized spacial score (nSPS) is 14.6. The topological polar surface area (TPSA) is 88.1 Å². The zero-order valence-electron chi connectivity index (χ0n) is 15.1. The molecule has 0 amide bonds. The van der Waals surface area contributed by atoms with Gasteiger partial charge in [-0.1, -0.05) is 23.9 Å². The average molecular weight is 393 g/mol. The van der Waals surface area contributed by atoms with Crippen molar-refractivity contribution in [3.63, 3.8) is 0 Å². The molecule has 1 aliphatic rings. The lowest BCUT2D eigenvalue weighted by atomic mass is 10.2. The van der Waals surface area contributed by atoms with Gasteiger partial charge in [-0.25, -0.2) is 4.98 Å². The Balaban J connectivity index is 1.44. The molecule has 3 aromatic rings. The van der Waals surface area contributed by atoms with Gasteiger partial charge in [-0.2, -0.15) is 5.26 Å². The van der Waals surface area contributed by atoms with Gasteiger partial charge in [0.15, 0.2) is 5.16 Å². The van der Waals surface area contributed by atoms with Crippen molar-refractivity contribution in [2.45, 2.75) is 30.1 Å². The SMILES string of the molecule is N#Cc1ccc(OCC(O)CSc2nc3ccccc3c(=O)n2C2CC2)cc1. The highest BCUT2D eigenvalue weighted by Crippen LogP contribution is 2.36. The smallest absolute Gasteiger partial charge is 0.262 e. The number of aromatic nitrogens is 2. The maximum atomic E-state index is 12.8. The van der Waals surface area contributed by atoms with Gasteiger partial charge in [0, 0.05) is 11.8 Å². The van der Waals surface area contributed by atoms with Crippen LogP contribution in [-0.2, 0) is 0 Å². The van der Waals surface area contributed by atoms with Crippen molar-refractivity contribution in [2.24, 2.45) is 0 Å². The number of nitriles is 1. The standard InChI is InChI=1S/C21H19N3O3S/c22-11-14-5-9-17(10-6-14)27-12-16(25)13-28-21-23-19-4-2-1-3-18(19)20(26)24(21)15-7-8-15/h1-6,9-10,15-16,25H,7-8,12-13H2. The quantitative estimate of drug-likeness (QED) is 0.490. The van der Waals surface area contributed by atoms with Crippen LogP contribution in [-0.4, -0.2) is 33.1 Å². The third-order valence-electron chi connectivity index (χ3n) is 4.52. The van der Waals surface area contributed by atoms with Crippen molar-refractivity contribution < 1.29 is 9.84 Å². The third kappa shape index (κ3) is 4.03. The summed E-state index contributed by atoms with van der Waals surface area (Å²) in [5.74, 6) is 0.968. The van der Waals surface area contributed by atoms with Crippen molar-refractivity contribution in [1.82, 2.24) is 9.55 Å². The van der Waals surface area contributed by atoms with Crippen molar-refractivity contribution in [3.05, 3.63) is 64.4 Å². The lowest BCUT2D eigenvalue weighted by molar-refractivity contribution is 0.126. The Morgan fingerprint density at radius 1 is 1.25 bits per heavy atom. The molecule has 1 unspecified atom stereocenters. The molecular formula is C21H19N3O3S. The number of nitrogens with zero attached hydrogens (tertiary/aromatic N) is 3. The number of thioether (sulfide) groups is 1. The first kappa shape index (κ1) is 18.5. The highest BCUT2D eigenvalue weighted by atomic mass is 32.2. The van der Waals surface area contributed by atoms with Crippen LogP contribution in [0, 0.1) is 11.3 Å². The highest BCUT2D eigenvalue weighted by Gasteiger charge is 2.28. The molecule has 28 heavy (non-hydrogen) atoms. The van der Waals surface area contributed by atoms with Gasteiger partial charge < -0.3 is 9.84 Å². The van der Waals surface area contributed by atoms with Gasteiger partial charge in [0.2, 0.25) is 0 Å². The number of ether oxygens (including phenoxy) is 1. The number of para-hydroxylation sites is 1. The Kier molecular flexibility index (Phi) is 5.33. The zero-order chi connectivity index (χ0) is 19.5. The van der Waals surface area contributed by atoms with E-state index in [0.717, 1.165) is 12.8 Å². The van der Waals surface area contributed by atoms with Gasteiger partial charge in [0.05, 0.1) is 28.6 Å². The van der Waals surface area contributed by atoms with Crippen LogP contribution in [0.1, 0.15) is 24.4 Å². The van der Waals surface area contributed by atoms with Crippen LogP contribution in [0.4, 0.5) is 0 Å².